The summed E-state index contributed by atoms with van der Waals surface area (Å²) in [5, 5.41) is 1.14. The standard InChI is InChI=1S/C14H11ClF3N/c1-3-9-5-4-6-10-11(9)7-12(15)19-13(10)8(2)14(16,17)18/h4-7H,2-3H2,1H3. The minimum absolute atomic E-state index is 0.0359. The van der Waals surface area contributed by atoms with Crippen LogP contribution in [-0.4, -0.2) is 11.2 Å². The van der Waals surface area contributed by atoms with E-state index in [1.807, 2.05) is 13.0 Å². The van der Waals surface area contributed by atoms with Crippen LogP contribution in [0.3, 0.4) is 0 Å². The number of halogens is 4. The van der Waals surface area contributed by atoms with E-state index >= 15 is 0 Å². The van der Waals surface area contributed by atoms with Crippen molar-refractivity contribution in [3.8, 4) is 0 Å². The Bertz CT molecular complexity index is 647. The van der Waals surface area contributed by atoms with Crippen LogP contribution in [0.2, 0.25) is 5.15 Å². The molecule has 2 aromatic rings. The van der Waals surface area contributed by atoms with Gasteiger partial charge in [0.1, 0.15) is 5.15 Å². The quantitative estimate of drug-likeness (QED) is 0.706. The summed E-state index contributed by atoms with van der Waals surface area (Å²) in [7, 11) is 0. The summed E-state index contributed by atoms with van der Waals surface area (Å²) in [4.78, 5) is 3.79. The zero-order valence-corrected chi connectivity index (χ0v) is 10.9. The number of hydrogen-bond donors (Lipinski definition) is 0. The summed E-state index contributed by atoms with van der Waals surface area (Å²) in [5.41, 5.74) is -0.253. The van der Waals surface area contributed by atoms with Gasteiger partial charge in [-0.3, -0.25) is 0 Å². The highest BCUT2D eigenvalue weighted by Crippen LogP contribution is 2.36. The highest BCUT2D eigenvalue weighted by Gasteiger charge is 2.35. The first kappa shape index (κ1) is 13.9. The van der Waals surface area contributed by atoms with Gasteiger partial charge in [0, 0.05) is 5.39 Å². The molecule has 0 aliphatic carbocycles. The Morgan fingerprint density at radius 3 is 2.58 bits per heavy atom. The van der Waals surface area contributed by atoms with Gasteiger partial charge in [-0.1, -0.05) is 43.3 Å². The molecule has 1 aromatic carbocycles. The molecule has 0 spiro atoms. The second kappa shape index (κ2) is 4.85. The first-order chi connectivity index (χ1) is 8.84. The molecule has 0 fully saturated rings. The van der Waals surface area contributed by atoms with Crippen LogP contribution in [0.15, 0.2) is 30.8 Å². The molecule has 0 unspecified atom stereocenters. The molecule has 0 aliphatic rings. The van der Waals surface area contributed by atoms with Crippen molar-refractivity contribution >= 4 is 27.9 Å². The van der Waals surface area contributed by atoms with Crippen LogP contribution in [0, 0.1) is 0 Å². The van der Waals surface area contributed by atoms with Crippen LogP contribution < -0.4 is 0 Å². The lowest BCUT2D eigenvalue weighted by Crippen LogP contribution is -2.11. The number of pyridine rings is 1. The molecule has 5 heteroatoms. The number of benzene rings is 1. The summed E-state index contributed by atoms with van der Waals surface area (Å²) < 4.78 is 38.4. The second-order valence-corrected chi connectivity index (χ2v) is 4.52. The normalized spacial score (nSPS) is 11.8. The third-order valence-corrected chi connectivity index (χ3v) is 3.14. The molecule has 2 rings (SSSR count). The van der Waals surface area contributed by atoms with Crippen LogP contribution in [0.5, 0.6) is 0 Å². The molecule has 19 heavy (non-hydrogen) atoms. The van der Waals surface area contributed by atoms with E-state index in [-0.39, 0.29) is 10.8 Å². The van der Waals surface area contributed by atoms with E-state index in [9.17, 15) is 13.2 Å². The van der Waals surface area contributed by atoms with Gasteiger partial charge < -0.3 is 0 Å². The fourth-order valence-electron chi connectivity index (χ4n) is 1.98. The molecule has 0 saturated heterocycles. The Morgan fingerprint density at radius 2 is 2.00 bits per heavy atom. The molecule has 0 bridgehead atoms. The van der Waals surface area contributed by atoms with Crippen molar-refractivity contribution in [3.63, 3.8) is 0 Å². The Morgan fingerprint density at radius 1 is 1.32 bits per heavy atom. The molecular formula is C14H11ClF3N. The lowest BCUT2D eigenvalue weighted by atomic mass is 9.99. The summed E-state index contributed by atoms with van der Waals surface area (Å²) in [6, 6.07) is 6.76. The van der Waals surface area contributed by atoms with Gasteiger partial charge in [0.25, 0.3) is 0 Å². The van der Waals surface area contributed by atoms with Crippen molar-refractivity contribution in [3.05, 3.63) is 47.3 Å². The lowest BCUT2D eigenvalue weighted by Gasteiger charge is -2.13. The number of fused-ring (bicyclic) bond motifs is 1. The minimum atomic E-state index is -4.52. The van der Waals surface area contributed by atoms with E-state index in [2.05, 4.69) is 11.6 Å². The van der Waals surface area contributed by atoms with Crippen LogP contribution in [0.4, 0.5) is 13.2 Å². The maximum absolute atomic E-state index is 12.8. The lowest BCUT2D eigenvalue weighted by molar-refractivity contribution is -0.0688. The summed E-state index contributed by atoms with van der Waals surface area (Å²) in [6.45, 7) is 5.03. The average molecular weight is 286 g/mol. The predicted octanol–water partition coefficient (Wildman–Crippen LogP) is 5.03. The Balaban J connectivity index is 2.78. The molecule has 0 atom stereocenters. The molecule has 0 N–H and O–H groups in total. The van der Waals surface area contributed by atoms with E-state index in [1.54, 1.807) is 18.2 Å². The molecule has 1 aromatic heterocycles. The highest BCUT2D eigenvalue weighted by atomic mass is 35.5. The van der Waals surface area contributed by atoms with Gasteiger partial charge in [-0.15, -0.1) is 0 Å². The van der Waals surface area contributed by atoms with Gasteiger partial charge in [0.05, 0.1) is 11.3 Å². The van der Waals surface area contributed by atoms with Crippen molar-refractivity contribution < 1.29 is 13.2 Å². The number of aryl methyl sites for hydroxylation is 1. The number of aromatic nitrogens is 1. The smallest absolute Gasteiger partial charge is 0.235 e. The molecule has 0 radical (unpaired) electrons. The van der Waals surface area contributed by atoms with Crippen molar-refractivity contribution in [2.75, 3.05) is 0 Å². The molecule has 0 saturated carbocycles. The predicted molar refractivity (Wildman–Crippen MR) is 71.2 cm³/mol. The maximum atomic E-state index is 12.8. The fourth-order valence-corrected chi connectivity index (χ4v) is 2.17. The van der Waals surface area contributed by atoms with Crippen molar-refractivity contribution in [1.29, 1.82) is 0 Å². The third kappa shape index (κ3) is 2.59. The summed E-state index contributed by atoms with van der Waals surface area (Å²) >= 11 is 5.83. The molecule has 0 aliphatic heterocycles. The van der Waals surface area contributed by atoms with Crippen LogP contribution in [-0.2, 0) is 6.42 Å². The number of nitrogens with zero attached hydrogens (tertiary/aromatic N) is 1. The third-order valence-electron chi connectivity index (χ3n) is 2.94. The molecule has 100 valence electrons. The van der Waals surface area contributed by atoms with Gasteiger partial charge in [-0.05, 0) is 23.4 Å². The van der Waals surface area contributed by atoms with E-state index in [1.165, 1.54) is 0 Å². The Hall–Kier alpha value is -1.55. The Kier molecular flexibility index (Phi) is 3.54. The van der Waals surface area contributed by atoms with Gasteiger partial charge >= 0.3 is 6.18 Å². The number of hydrogen-bond acceptors (Lipinski definition) is 1. The molecule has 1 heterocycles. The Labute approximate surface area is 113 Å². The number of rotatable bonds is 2. The van der Waals surface area contributed by atoms with Gasteiger partial charge in [-0.2, -0.15) is 13.2 Å². The van der Waals surface area contributed by atoms with Crippen LogP contribution >= 0.6 is 11.6 Å². The highest BCUT2D eigenvalue weighted by molar-refractivity contribution is 6.30. The maximum Gasteiger partial charge on any atom is 0.417 e. The van der Waals surface area contributed by atoms with Gasteiger partial charge in [0.15, 0.2) is 0 Å². The molecular weight excluding hydrogens is 275 g/mol. The van der Waals surface area contributed by atoms with Gasteiger partial charge in [0.2, 0.25) is 0 Å². The summed E-state index contributed by atoms with van der Waals surface area (Å²) in [6.07, 6.45) is -3.82. The van der Waals surface area contributed by atoms with Crippen LogP contribution in [0.1, 0.15) is 18.2 Å². The summed E-state index contributed by atoms with van der Waals surface area (Å²) in [5.74, 6) is 0. The first-order valence-electron chi connectivity index (χ1n) is 5.69. The topological polar surface area (TPSA) is 12.9 Å². The zero-order valence-electron chi connectivity index (χ0n) is 10.2. The monoisotopic (exact) mass is 285 g/mol. The van der Waals surface area contributed by atoms with E-state index in [4.69, 9.17) is 11.6 Å². The van der Waals surface area contributed by atoms with E-state index in [0.717, 1.165) is 5.56 Å². The largest absolute Gasteiger partial charge is 0.417 e. The number of alkyl halides is 3. The minimum Gasteiger partial charge on any atom is -0.235 e. The first-order valence-corrected chi connectivity index (χ1v) is 6.07. The molecule has 1 nitrogen and oxygen atoms in total. The van der Waals surface area contributed by atoms with Crippen LogP contribution in [0.25, 0.3) is 16.3 Å². The van der Waals surface area contributed by atoms with Crippen molar-refractivity contribution in [2.45, 2.75) is 19.5 Å². The van der Waals surface area contributed by atoms with Crippen molar-refractivity contribution in [1.82, 2.24) is 4.98 Å². The van der Waals surface area contributed by atoms with E-state index in [0.29, 0.717) is 17.2 Å². The second-order valence-electron chi connectivity index (χ2n) is 4.14. The molecule has 0 amide bonds. The average Bonchev–Trinajstić information content (AvgIpc) is 2.35. The zero-order chi connectivity index (χ0) is 14.2. The fraction of sp³-hybridized carbons (Fsp3) is 0.214. The van der Waals surface area contributed by atoms with E-state index < -0.39 is 11.7 Å². The van der Waals surface area contributed by atoms with Gasteiger partial charge in [-0.25, -0.2) is 4.98 Å². The van der Waals surface area contributed by atoms with Crippen molar-refractivity contribution in [2.24, 2.45) is 0 Å². The number of allylic oxidation sites excluding steroid dienone is 1. The SMILES string of the molecule is C=C(c1nc(Cl)cc2c(CC)cccc12)C(F)(F)F.